The molecular weight excluding hydrogens is 178 g/mol. The monoisotopic (exact) mass is 201 g/mol. The van der Waals surface area contributed by atoms with Gasteiger partial charge in [0.1, 0.15) is 5.54 Å². The summed E-state index contributed by atoms with van der Waals surface area (Å²) in [6, 6.07) is 0. The highest BCUT2D eigenvalue weighted by Gasteiger charge is 2.23. The lowest BCUT2D eigenvalue weighted by Gasteiger charge is -2.19. The Hall–Kier alpha value is -0.570. The number of nitrogens with two attached hydrogens (primary N) is 1. The Kier molecular flexibility index (Phi) is 5.13. The fourth-order valence-corrected chi connectivity index (χ4v) is 0.857. The molecule has 0 aliphatic rings. The Morgan fingerprint density at radius 3 is 2.21 bits per heavy atom. The minimum atomic E-state index is -0.874. The van der Waals surface area contributed by atoms with Crippen molar-refractivity contribution in [1.29, 1.82) is 0 Å². The second kappa shape index (κ2) is 5.35. The fourth-order valence-electron chi connectivity index (χ4n) is 0.857. The largest absolute Gasteiger partial charge is 0.464 e. The van der Waals surface area contributed by atoms with Gasteiger partial charge in [-0.3, -0.25) is 4.79 Å². The van der Waals surface area contributed by atoms with Gasteiger partial charge in [-0.15, -0.1) is 0 Å². The third-order valence-electron chi connectivity index (χ3n) is 2.47. The first-order valence-electron chi connectivity index (χ1n) is 5.21. The highest BCUT2D eigenvalue weighted by atomic mass is 16.5. The molecule has 1 atom stereocenters. The smallest absolute Gasteiger partial charge is 0.325 e. The van der Waals surface area contributed by atoms with Gasteiger partial charge in [0.2, 0.25) is 0 Å². The van der Waals surface area contributed by atoms with Crippen molar-refractivity contribution in [3.8, 4) is 0 Å². The molecule has 0 saturated heterocycles. The van der Waals surface area contributed by atoms with Gasteiger partial charge in [-0.25, -0.2) is 0 Å². The van der Waals surface area contributed by atoms with Gasteiger partial charge in [0, 0.05) is 0 Å². The molecular formula is C11H23NO2. The average Bonchev–Trinajstić information content (AvgIpc) is 2.01. The standard InChI is InChI=1S/C11H23NO2/c1-8(2)9(3)6-7-14-10(13)11(4,5)12/h8-9H,6-7,12H2,1-5H3. The van der Waals surface area contributed by atoms with E-state index in [-0.39, 0.29) is 5.97 Å². The summed E-state index contributed by atoms with van der Waals surface area (Å²) in [5.74, 6) is 0.872. The number of carbonyl (C=O) groups excluding carboxylic acids is 1. The summed E-state index contributed by atoms with van der Waals surface area (Å²) in [6.45, 7) is 10.3. The van der Waals surface area contributed by atoms with Crippen LogP contribution in [0.1, 0.15) is 41.0 Å². The topological polar surface area (TPSA) is 52.3 Å². The molecule has 1 unspecified atom stereocenters. The van der Waals surface area contributed by atoms with Crippen LogP contribution in [0.25, 0.3) is 0 Å². The number of carbonyl (C=O) groups is 1. The summed E-state index contributed by atoms with van der Waals surface area (Å²) in [4.78, 5) is 11.3. The van der Waals surface area contributed by atoms with Crippen molar-refractivity contribution in [3.63, 3.8) is 0 Å². The van der Waals surface area contributed by atoms with Crippen LogP contribution in [0.2, 0.25) is 0 Å². The second-order valence-electron chi connectivity index (χ2n) is 4.87. The first kappa shape index (κ1) is 13.4. The number of esters is 1. The summed E-state index contributed by atoms with van der Waals surface area (Å²) in [6.07, 6.45) is 0.902. The lowest BCUT2D eigenvalue weighted by Crippen LogP contribution is -2.43. The quantitative estimate of drug-likeness (QED) is 0.692. The van der Waals surface area contributed by atoms with E-state index in [2.05, 4.69) is 20.8 Å². The molecule has 3 heteroatoms. The summed E-state index contributed by atoms with van der Waals surface area (Å²) in [5.41, 5.74) is 4.71. The minimum Gasteiger partial charge on any atom is -0.464 e. The maximum Gasteiger partial charge on any atom is 0.325 e. The van der Waals surface area contributed by atoms with Gasteiger partial charge in [0.25, 0.3) is 0 Å². The number of hydrogen-bond acceptors (Lipinski definition) is 3. The van der Waals surface area contributed by atoms with Crippen molar-refractivity contribution in [2.24, 2.45) is 17.6 Å². The van der Waals surface area contributed by atoms with Crippen LogP contribution in [0, 0.1) is 11.8 Å². The molecule has 2 N–H and O–H groups in total. The normalized spacial score (nSPS) is 14.2. The molecule has 0 spiro atoms. The molecule has 0 fully saturated rings. The third kappa shape index (κ3) is 5.22. The van der Waals surface area contributed by atoms with Crippen molar-refractivity contribution < 1.29 is 9.53 Å². The zero-order valence-corrected chi connectivity index (χ0v) is 9.96. The van der Waals surface area contributed by atoms with Crippen molar-refractivity contribution in [1.82, 2.24) is 0 Å². The molecule has 0 aromatic rings. The van der Waals surface area contributed by atoms with E-state index >= 15 is 0 Å². The Balaban J connectivity index is 3.71. The van der Waals surface area contributed by atoms with Crippen molar-refractivity contribution in [2.45, 2.75) is 46.6 Å². The molecule has 0 saturated carbocycles. The van der Waals surface area contributed by atoms with E-state index in [0.717, 1.165) is 6.42 Å². The molecule has 0 radical (unpaired) electrons. The van der Waals surface area contributed by atoms with Crippen LogP contribution < -0.4 is 5.73 Å². The molecule has 0 amide bonds. The second-order valence-corrected chi connectivity index (χ2v) is 4.87. The van der Waals surface area contributed by atoms with E-state index in [9.17, 15) is 4.79 Å². The van der Waals surface area contributed by atoms with Gasteiger partial charge in [0.15, 0.2) is 0 Å². The van der Waals surface area contributed by atoms with Crippen molar-refractivity contribution >= 4 is 5.97 Å². The number of hydrogen-bond donors (Lipinski definition) is 1. The number of rotatable bonds is 5. The van der Waals surface area contributed by atoms with Crippen LogP contribution in [-0.4, -0.2) is 18.1 Å². The molecule has 0 heterocycles. The predicted octanol–water partition coefficient (Wildman–Crippen LogP) is 1.95. The van der Waals surface area contributed by atoms with E-state index in [1.54, 1.807) is 13.8 Å². The molecule has 0 aromatic heterocycles. The SMILES string of the molecule is CC(C)C(C)CCOC(=O)C(C)(C)N. The Bertz CT molecular complexity index is 182. The Labute approximate surface area is 87.0 Å². The maximum absolute atomic E-state index is 11.3. The molecule has 0 bridgehead atoms. The van der Waals surface area contributed by atoms with E-state index in [1.807, 2.05) is 0 Å². The van der Waals surface area contributed by atoms with Gasteiger partial charge in [-0.05, 0) is 32.1 Å². The van der Waals surface area contributed by atoms with Crippen LogP contribution in [0.3, 0.4) is 0 Å². The lowest BCUT2D eigenvalue weighted by atomic mass is 9.95. The summed E-state index contributed by atoms with van der Waals surface area (Å²) < 4.78 is 5.06. The molecule has 84 valence electrons. The van der Waals surface area contributed by atoms with E-state index in [0.29, 0.717) is 18.4 Å². The van der Waals surface area contributed by atoms with Gasteiger partial charge >= 0.3 is 5.97 Å². The third-order valence-corrected chi connectivity index (χ3v) is 2.47. The summed E-state index contributed by atoms with van der Waals surface area (Å²) in [7, 11) is 0. The molecule has 0 aromatic carbocycles. The van der Waals surface area contributed by atoms with Crippen molar-refractivity contribution in [3.05, 3.63) is 0 Å². The average molecular weight is 201 g/mol. The van der Waals surface area contributed by atoms with Crippen LogP contribution in [-0.2, 0) is 9.53 Å². The van der Waals surface area contributed by atoms with Gasteiger partial charge in [0.05, 0.1) is 6.61 Å². The Morgan fingerprint density at radius 1 is 1.36 bits per heavy atom. The molecule has 0 aliphatic carbocycles. The van der Waals surface area contributed by atoms with Crippen LogP contribution >= 0.6 is 0 Å². The highest BCUT2D eigenvalue weighted by molar-refractivity contribution is 5.79. The molecule has 0 aliphatic heterocycles. The first-order valence-corrected chi connectivity index (χ1v) is 5.21. The van der Waals surface area contributed by atoms with Gasteiger partial charge in [-0.2, -0.15) is 0 Å². The van der Waals surface area contributed by atoms with Crippen molar-refractivity contribution in [2.75, 3.05) is 6.61 Å². The van der Waals surface area contributed by atoms with Gasteiger partial charge < -0.3 is 10.5 Å². The zero-order chi connectivity index (χ0) is 11.4. The minimum absolute atomic E-state index is 0.326. The molecule has 0 rings (SSSR count). The first-order chi connectivity index (χ1) is 6.25. The lowest BCUT2D eigenvalue weighted by molar-refractivity contribution is -0.149. The van der Waals surface area contributed by atoms with Gasteiger partial charge in [-0.1, -0.05) is 20.8 Å². The van der Waals surface area contributed by atoms with Crippen LogP contribution in [0.5, 0.6) is 0 Å². The van der Waals surface area contributed by atoms with E-state index in [4.69, 9.17) is 10.5 Å². The van der Waals surface area contributed by atoms with E-state index in [1.165, 1.54) is 0 Å². The zero-order valence-electron chi connectivity index (χ0n) is 9.96. The summed E-state index contributed by atoms with van der Waals surface area (Å²) in [5, 5.41) is 0. The molecule has 3 nitrogen and oxygen atoms in total. The predicted molar refractivity (Wildman–Crippen MR) is 57.8 cm³/mol. The maximum atomic E-state index is 11.3. The van der Waals surface area contributed by atoms with Crippen LogP contribution in [0.4, 0.5) is 0 Å². The highest BCUT2D eigenvalue weighted by Crippen LogP contribution is 2.14. The Morgan fingerprint density at radius 2 is 1.86 bits per heavy atom. The van der Waals surface area contributed by atoms with E-state index < -0.39 is 5.54 Å². The van der Waals surface area contributed by atoms with Crippen LogP contribution in [0.15, 0.2) is 0 Å². The molecule has 14 heavy (non-hydrogen) atoms. The summed E-state index contributed by atoms with van der Waals surface area (Å²) >= 11 is 0. The number of ether oxygens (including phenoxy) is 1. The fraction of sp³-hybridized carbons (Fsp3) is 0.909.